The average Bonchev–Trinajstić information content (AvgIpc) is 3.10. The lowest BCUT2D eigenvalue weighted by molar-refractivity contribution is -0.125. The molecule has 0 unspecified atom stereocenters. The van der Waals surface area contributed by atoms with Gasteiger partial charge in [-0.05, 0) is 57.9 Å². The van der Waals surface area contributed by atoms with Crippen molar-refractivity contribution in [3.63, 3.8) is 0 Å². The van der Waals surface area contributed by atoms with E-state index in [9.17, 15) is 4.79 Å². The number of hydrogen-bond acceptors (Lipinski definition) is 4. The Labute approximate surface area is 166 Å². The van der Waals surface area contributed by atoms with Crippen LogP contribution >= 0.6 is 15.9 Å². The van der Waals surface area contributed by atoms with Crippen LogP contribution in [0.3, 0.4) is 0 Å². The van der Waals surface area contributed by atoms with E-state index in [1.165, 1.54) is 0 Å². The van der Waals surface area contributed by atoms with Crippen molar-refractivity contribution in [2.24, 2.45) is 0 Å². The maximum absolute atomic E-state index is 12.2. The molecule has 6 heteroatoms. The van der Waals surface area contributed by atoms with Crippen molar-refractivity contribution in [2.45, 2.75) is 13.2 Å². The lowest BCUT2D eigenvalue weighted by atomic mass is 10.2. The van der Waals surface area contributed by atoms with Gasteiger partial charge in [-0.1, -0.05) is 18.2 Å². The summed E-state index contributed by atoms with van der Waals surface area (Å²) in [7, 11) is 1.73. The van der Waals surface area contributed by atoms with Crippen molar-refractivity contribution in [2.75, 3.05) is 7.05 Å². The van der Waals surface area contributed by atoms with Crippen molar-refractivity contribution < 1.29 is 13.9 Å². The number of furan rings is 1. The van der Waals surface area contributed by atoms with Crippen LogP contribution in [0.2, 0.25) is 0 Å². The van der Waals surface area contributed by atoms with Gasteiger partial charge in [-0.15, -0.1) is 0 Å². The Morgan fingerprint density at radius 2 is 2.04 bits per heavy atom. The molecule has 0 spiro atoms. The quantitative estimate of drug-likeness (QED) is 0.514. The Kier molecular flexibility index (Phi) is 6.44. The van der Waals surface area contributed by atoms with Gasteiger partial charge < -0.3 is 14.1 Å². The summed E-state index contributed by atoms with van der Waals surface area (Å²) in [5.74, 6) is 1.39. The third kappa shape index (κ3) is 5.82. The molecule has 0 saturated carbocycles. The minimum Gasteiger partial charge on any atom is -0.489 e. The Balaban J connectivity index is 1.51. The average molecular weight is 427 g/mol. The number of benzene rings is 1. The zero-order valence-corrected chi connectivity index (χ0v) is 16.4. The highest BCUT2D eigenvalue weighted by atomic mass is 79.9. The van der Waals surface area contributed by atoms with Crippen LogP contribution in [0.5, 0.6) is 5.75 Å². The summed E-state index contributed by atoms with van der Waals surface area (Å²) in [6, 6.07) is 15.1. The molecular formula is C21H19BrN2O3. The smallest absolute Gasteiger partial charge is 0.246 e. The van der Waals surface area contributed by atoms with Gasteiger partial charge >= 0.3 is 0 Å². The first-order chi connectivity index (χ1) is 13.1. The number of aromatic nitrogens is 1. The fraction of sp³-hybridized carbons (Fsp3) is 0.143. The van der Waals surface area contributed by atoms with E-state index in [2.05, 4.69) is 20.9 Å². The second-order valence-corrected chi connectivity index (χ2v) is 6.73. The van der Waals surface area contributed by atoms with Gasteiger partial charge in [-0.25, -0.2) is 0 Å². The van der Waals surface area contributed by atoms with Crippen molar-refractivity contribution >= 4 is 27.9 Å². The molecule has 138 valence electrons. The summed E-state index contributed by atoms with van der Waals surface area (Å²) in [5.41, 5.74) is 1.94. The molecule has 0 N–H and O–H groups in total. The minimum absolute atomic E-state index is 0.0978. The Bertz CT molecular complexity index is 905. The summed E-state index contributed by atoms with van der Waals surface area (Å²) in [5, 5.41) is 0. The van der Waals surface area contributed by atoms with Crippen LogP contribution in [0.1, 0.15) is 16.9 Å². The fourth-order valence-electron chi connectivity index (χ4n) is 2.37. The second-order valence-electron chi connectivity index (χ2n) is 5.95. The number of pyridine rings is 1. The highest BCUT2D eigenvalue weighted by Crippen LogP contribution is 2.16. The summed E-state index contributed by atoms with van der Waals surface area (Å²) < 4.78 is 11.8. The van der Waals surface area contributed by atoms with Crippen molar-refractivity contribution in [1.29, 1.82) is 0 Å². The lowest BCUT2D eigenvalue weighted by Gasteiger charge is -2.13. The normalized spacial score (nSPS) is 10.9. The molecule has 2 heterocycles. The van der Waals surface area contributed by atoms with Gasteiger partial charge in [-0.3, -0.25) is 9.78 Å². The molecule has 5 nitrogen and oxygen atoms in total. The highest BCUT2D eigenvalue weighted by molar-refractivity contribution is 9.10. The molecule has 3 aromatic rings. The number of hydrogen-bond donors (Lipinski definition) is 0. The molecule has 0 atom stereocenters. The maximum atomic E-state index is 12.2. The molecule has 1 aromatic carbocycles. The summed E-state index contributed by atoms with van der Waals surface area (Å²) in [6.45, 7) is 0.880. The van der Waals surface area contributed by atoms with Crippen LogP contribution in [0.4, 0.5) is 0 Å². The van der Waals surface area contributed by atoms with Gasteiger partial charge in [0.05, 0.1) is 6.54 Å². The predicted molar refractivity (Wildman–Crippen MR) is 107 cm³/mol. The lowest BCUT2D eigenvalue weighted by Crippen LogP contribution is -2.23. The van der Waals surface area contributed by atoms with E-state index >= 15 is 0 Å². The molecule has 0 aliphatic heterocycles. The number of likely N-dealkylation sites (N-methyl/N-ethyl adjacent to an activating group) is 1. The van der Waals surface area contributed by atoms with Crippen LogP contribution < -0.4 is 4.74 Å². The van der Waals surface area contributed by atoms with Crippen LogP contribution in [-0.4, -0.2) is 22.8 Å². The second kappa shape index (κ2) is 9.19. The number of halogens is 1. The monoisotopic (exact) mass is 426 g/mol. The molecular weight excluding hydrogens is 408 g/mol. The van der Waals surface area contributed by atoms with E-state index in [1.807, 2.05) is 42.5 Å². The predicted octanol–water partition coefficient (Wildman–Crippen LogP) is 4.69. The highest BCUT2D eigenvalue weighted by Gasteiger charge is 2.08. The number of nitrogens with zero attached hydrogens (tertiary/aromatic N) is 2. The number of carbonyl (C=O) groups excluding carboxylic acids is 1. The molecule has 0 bridgehead atoms. The van der Waals surface area contributed by atoms with Crippen molar-refractivity contribution in [1.82, 2.24) is 9.88 Å². The van der Waals surface area contributed by atoms with E-state index in [-0.39, 0.29) is 5.91 Å². The standard InChI is InChI=1S/C21H19BrN2O3/c1-24(14-19-9-10-20(22)27-19)21(25)11-6-16-4-7-18(8-5-16)26-15-17-3-2-12-23-13-17/h2-13H,14-15H2,1H3/b11-6+. The molecule has 1 amide bonds. The van der Waals surface area contributed by atoms with Crippen molar-refractivity contribution in [3.05, 3.63) is 88.6 Å². The maximum Gasteiger partial charge on any atom is 0.246 e. The van der Waals surface area contributed by atoms with Crippen LogP contribution in [-0.2, 0) is 17.9 Å². The van der Waals surface area contributed by atoms with Gasteiger partial charge in [0.1, 0.15) is 18.1 Å². The number of rotatable bonds is 7. The minimum atomic E-state index is -0.0978. The molecule has 27 heavy (non-hydrogen) atoms. The first kappa shape index (κ1) is 18.9. The zero-order valence-electron chi connectivity index (χ0n) is 14.8. The first-order valence-corrected chi connectivity index (χ1v) is 9.18. The largest absolute Gasteiger partial charge is 0.489 e. The molecule has 2 aromatic heterocycles. The number of ether oxygens (including phenoxy) is 1. The third-order valence-electron chi connectivity index (χ3n) is 3.82. The third-order valence-corrected chi connectivity index (χ3v) is 4.25. The first-order valence-electron chi connectivity index (χ1n) is 8.39. The SMILES string of the molecule is CN(Cc1ccc(Br)o1)C(=O)/C=C/c1ccc(OCc2cccnc2)cc1. The van der Waals surface area contributed by atoms with E-state index in [4.69, 9.17) is 9.15 Å². The summed E-state index contributed by atoms with van der Waals surface area (Å²) >= 11 is 3.25. The topological polar surface area (TPSA) is 55.6 Å². The molecule has 0 radical (unpaired) electrons. The van der Waals surface area contributed by atoms with Crippen molar-refractivity contribution in [3.8, 4) is 5.75 Å². The van der Waals surface area contributed by atoms with Crippen LogP contribution in [0, 0.1) is 0 Å². The zero-order chi connectivity index (χ0) is 19.1. The van der Waals surface area contributed by atoms with E-state index in [0.29, 0.717) is 17.8 Å². The van der Waals surface area contributed by atoms with Gasteiger partial charge in [0.15, 0.2) is 4.67 Å². The van der Waals surface area contributed by atoms with E-state index < -0.39 is 0 Å². The summed E-state index contributed by atoms with van der Waals surface area (Å²) in [6.07, 6.45) is 6.84. The molecule has 0 aliphatic rings. The molecule has 0 aliphatic carbocycles. The Morgan fingerprint density at radius 1 is 1.22 bits per heavy atom. The number of amides is 1. The van der Waals surface area contributed by atoms with Gasteiger partial charge in [0, 0.05) is 31.1 Å². The van der Waals surface area contributed by atoms with Crippen LogP contribution in [0.15, 0.2) is 76.1 Å². The van der Waals surface area contributed by atoms with E-state index in [1.54, 1.807) is 42.6 Å². The Morgan fingerprint density at radius 3 is 2.70 bits per heavy atom. The van der Waals surface area contributed by atoms with Gasteiger partial charge in [0.25, 0.3) is 0 Å². The Hall–Kier alpha value is -2.86. The molecule has 0 fully saturated rings. The number of carbonyl (C=O) groups is 1. The van der Waals surface area contributed by atoms with Gasteiger partial charge in [-0.2, -0.15) is 0 Å². The fourth-order valence-corrected chi connectivity index (χ4v) is 2.71. The van der Waals surface area contributed by atoms with E-state index in [0.717, 1.165) is 22.6 Å². The summed E-state index contributed by atoms with van der Waals surface area (Å²) in [4.78, 5) is 17.9. The van der Waals surface area contributed by atoms with Gasteiger partial charge in [0.2, 0.25) is 5.91 Å². The van der Waals surface area contributed by atoms with Crippen LogP contribution in [0.25, 0.3) is 6.08 Å². The molecule has 3 rings (SSSR count). The molecule has 0 saturated heterocycles.